The van der Waals surface area contributed by atoms with Gasteiger partial charge in [0.2, 0.25) is 0 Å². The Morgan fingerprint density at radius 3 is 2.45 bits per heavy atom. The Bertz CT molecular complexity index is 245. The van der Waals surface area contributed by atoms with E-state index >= 15 is 0 Å². The third-order valence-corrected chi connectivity index (χ3v) is 11.4. The molecule has 63 valence electrons. The van der Waals surface area contributed by atoms with E-state index in [1.54, 1.807) is 0 Å². The summed E-state index contributed by atoms with van der Waals surface area (Å²) in [5.74, 6) is 0. The molecule has 1 aliphatic rings. The van der Waals surface area contributed by atoms with Crippen molar-refractivity contribution in [3.63, 3.8) is 0 Å². The molecule has 1 rings (SSSR count). The van der Waals surface area contributed by atoms with Crippen LogP contribution in [0.2, 0.25) is 15.9 Å². The number of nitrogens with zero attached hydrogens (tertiary/aromatic N) is 1. The van der Waals surface area contributed by atoms with Crippen LogP contribution >= 0.6 is 0 Å². The van der Waals surface area contributed by atoms with Gasteiger partial charge in [-0.05, 0) is 0 Å². The summed E-state index contributed by atoms with van der Waals surface area (Å²) in [4.78, 5) is 10.7. The Kier molecular flexibility index (Phi) is 1.92. The Hall–Kier alpha value is -0.232. The molecule has 0 saturated heterocycles. The van der Waals surface area contributed by atoms with E-state index in [4.69, 9.17) is 0 Å². The van der Waals surface area contributed by atoms with Crippen LogP contribution < -0.4 is 0 Å². The van der Waals surface area contributed by atoms with Gasteiger partial charge in [-0.1, -0.05) is 0 Å². The van der Waals surface area contributed by atoms with Gasteiger partial charge in [0.05, 0.1) is 0 Å². The predicted octanol–water partition coefficient (Wildman–Crippen LogP) is 3.35. The van der Waals surface area contributed by atoms with Crippen LogP contribution in [0, 0.1) is 4.91 Å². The van der Waals surface area contributed by atoms with Gasteiger partial charge >= 0.3 is 68.3 Å². The molecular formula is C8H14NOW. The Morgan fingerprint density at radius 2 is 2.09 bits per heavy atom. The first kappa shape index (κ1) is 8.86. The molecule has 0 saturated carbocycles. The van der Waals surface area contributed by atoms with Gasteiger partial charge in [-0.15, -0.1) is 0 Å². The van der Waals surface area contributed by atoms with Gasteiger partial charge in [-0.25, -0.2) is 0 Å². The normalized spacial score (nSPS) is 20.6. The van der Waals surface area contributed by atoms with Crippen LogP contribution in [0.25, 0.3) is 0 Å². The van der Waals surface area contributed by atoms with Crippen LogP contribution in [0.1, 0.15) is 6.42 Å². The van der Waals surface area contributed by atoms with Gasteiger partial charge in [0.25, 0.3) is 0 Å². The summed E-state index contributed by atoms with van der Waals surface area (Å²) >= 11 is -3.18. The summed E-state index contributed by atoms with van der Waals surface area (Å²) in [7, 11) is 0. The van der Waals surface area contributed by atoms with Crippen LogP contribution in [0.4, 0.5) is 0 Å². The maximum absolute atomic E-state index is 10.7. The van der Waals surface area contributed by atoms with Crippen molar-refractivity contribution in [2.75, 3.05) is 0 Å². The van der Waals surface area contributed by atoms with Crippen molar-refractivity contribution in [3.8, 4) is 0 Å². The van der Waals surface area contributed by atoms with Crippen molar-refractivity contribution in [2.24, 2.45) is 3.74 Å². The van der Waals surface area contributed by atoms with Crippen LogP contribution in [-0.4, -0.2) is 0 Å². The summed E-state index contributed by atoms with van der Waals surface area (Å²) in [5, 5.41) is 6.18. The molecule has 1 aliphatic carbocycles. The van der Waals surface area contributed by atoms with Crippen molar-refractivity contribution in [3.05, 3.63) is 27.1 Å². The number of rotatable bonds is 2. The first-order chi connectivity index (χ1) is 4.94. The third-order valence-electron chi connectivity index (χ3n) is 1.90. The average molecular weight is 324 g/mol. The van der Waals surface area contributed by atoms with Gasteiger partial charge in [-0.2, -0.15) is 0 Å². The van der Waals surface area contributed by atoms with E-state index < -0.39 is 15.1 Å². The zero-order valence-electron chi connectivity index (χ0n) is 7.20. The number of nitroso groups, excluding NO2 is 1. The van der Waals surface area contributed by atoms with Gasteiger partial charge < -0.3 is 0 Å². The van der Waals surface area contributed by atoms with E-state index in [9.17, 15) is 4.91 Å². The van der Waals surface area contributed by atoms with E-state index in [0.717, 1.165) is 6.42 Å². The van der Waals surface area contributed by atoms with E-state index in [0.29, 0.717) is 0 Å². The molecule has 0 radical (unpaired) electrons. The van der Waals surface area contributed by atoms with Gasteiger partial charge in [0, 0.05) is 0 Å². The molecule has 0 atom stereocenters. The Labute approximate surface area is 68.5 Å². The molecule has 0 spiro atoms. The van der Waals surface area contributed by atoms with E-state index in [2.05, 4.69) is 31.8 Å². The van der Waals surface area contributed by atoms with Crippen molar-refractivity contribution >= 4 is 0 Å². The molecule has 0 amide bonds. The molecule has 0 bridgehead atoms. The molecule has 0 fully saturated rings. The van der Waals surface area contributed by atoms with Gasteiger partial charge in [0.1, 0.15) is 0 Å². The van der Waals surface area contributed by atoms with Crippen LogP contribution in [-0.2, 0) is 15.1 Å². The summed E-state index contributed by atoms with van der Waals surface area (Å²) in [6.45, 7) is 0. The summed E-state index contributed by atoms with van der Waals surface area (Å²) < 4.78 is 4.68. The van der Waals surface area contributed by atoms with Crippen LogP contribution in [0.3, 0.4) is 0 Å². The summed E-state index contributed by atoms with van der Waals surface area (Å²) in [5.41, 5.74) is 0. The van der Waals surface area contributed by atoms with Crippen molar-refractivity contribution in [1.29, 1.82) is 0 Å². The molecule has 2 nitrogen and oxygen atoms in total. The first-order valence-corrected chi connectivity index (χ1v) is 15.1. The molecule has 0 unspecified atom stereocenters. The van der Waals surface area contributed by atoms with Crippen molar-refractivity contribution in [2.45, 2.75) is 22.4 Å². The van der Waals surface area contributed by atoms with E-state index in [1.165, 1.54) is 3.96 Å². The van der Waals surface area contributed by atoms with Crippen LogP contribution in [0.5, 0.6) is 0 Å². The van der Waals surface area contributed by atoms with Crippen molar-refractivity contribution in [1.82, 2.24) is 0 Å². The summed E-state index contributed by atoms with van der Waals surface area (Å²) in [6.07, 6.45) is 7.11. The molecular weight excluding hydrogens is 310 g/mol. The van der Waals surface area contributed by atoms with Crippen molar-refractivity contribution < 1.29 is 15.1 Å². The molecule has 3 heteroatoms. The fraction of sp³-hybridized carbons (Fsp3) is 0.500. The topological polar surface area (TPSA) is 29.4 Å². The van der Waals surface area contributed by atoms with Gasteiger partial charge in [-0.3, -0.25) is 0 Å². The monoisotopic (exact) mass is 324 g/mol. The zero-order valence-corrected chi connectivity index (χ0v) is 10.1. The minimum absolute atomic E-state index is 0.944. The standard InChI is InChI=1S/C5H5.3CH3.NO.W/c1-2-4-5-3-1;;;;1-2;/h1-3H,4H2;3*1H3;;/q;;;;-1;+1. The maximum atomic E-state index is 10.7. The number of hydrogen-bond acceptors (Lipinski definition) is 2. The molecule has 11 heavy (non-hydrogen) atoms. The number of hydrogen-bond donors (Lipinski definition) is 0. The Balaban J connectivity index is 2.98. The predicted molar refractivity (Wildman–Crippen MR) is 45.2 cm³/mol. The molecule has 0 aromatic rings. The van der Waals surface area contributed by atoms with Crippen LogP contribution in [0.15, 0.2) is 25.9 Å². The van der Waals surface area contributed by atoms with E-state index in [-0.39, 0.29) is 0 Å². The second-order valence-electron chi connectivity index (χ2n) is 3.82. The second-order valence-corrected chi connectivity index (χ2v) is 24.0. The first-order valence-electron chi connectivity index (χ1n) is 3.51. The second kappa shape index (κ2) is 2.38. The molecule has 0 N–H and O–H groups in total. The molecule has 0 aromatic carbocycles. The summed E-state index contributed by atoms with van der Waals surface area (Å²) in [6, 6.07) is 0. The third kappa shape index (κ3) is 1.67. The fourth-order valence-electron chi connectivity index (χ4n) is 0.997. The zero-order chi connectivity index (χ0) is 8.56. The molecule has 0 aromatic heterocycles. The Morgan fingerprint density at radius 1 is 1.45 bits per heavy atom. The average Bonchev–Trinajstić information content (AvgIpc) is 2.38. The molecule has 0 aliphatic heterocycles. The fourth-order valence-corrected chi connectivity index (χ4v) is 5.72. The minimum atomic E-state index is -3.18. The molecule has 0 heterocycles. The van der Waals surface area contributed by atoms with E-state index in [1.807, 2.05) is 6.08 Å². The SMILES string of the molecule is [CH3][W]([CH3])([CH3])([N]=O)[C]1=CC=CC1. The number of allylic oxidation sites excluding steroid dienone is 4. The van der Waals surface area contributed by atoms with Gasteiger partial charge in [0.15, 0.2) is 0 Å². The quantitative estimate of drug-likeness (QED) is 0.717.